The number of nitriles is 1. The smallest absolute Gasteiger partial charge is 0.0994 e. The summed E-state index contributed by atoms with van der Waals surface area (Å²) in [6.07, 6.45) is 0. The molecule has 1 aromatic rings. The Morgan fingerprint density at radius 1 is 1.50 bits per heavy atom. The third kappa shape index (κ3) is 1.86. The molecule has 0 aromatic heterocycles. The van der Waals surface area contributed by atoms with Gasteiger partial charge in [-0.25, -0.2) is 0 Å². The van der Waals surface area contributed by atoms with E-state index in [9.17, 15) is 0 Å². The quantitative estimate of drug-likeness (QED) is 0.671. The predicted molar refractivity (Wildman–Crippen MR) is 53.2 cm³/mol. The second-order valence-corrected chi connectivity index (χ2v) is 4.19. The second kappa shape index (κ2) is 3.73. The normalized spacial score (nSPS) is 12.2. The van der Waals surface area contributed by atoms with Gasteiger partial charge in [0.25, 0.3) is 0 Å². The Bertz CT molecular complexity index is 323. The first-order valence-corrected chi connectivity index (χ1v) is 4.71. The molecule has 0 saturated carbocycles. The Kier molecular flexibility index (Phi) is 2.88. The van der Waals surface area contributed by atoms with Crippen LogP contribution in [0.4, 0.5) is 0 Å². The summed E-state index contributed by atoms with van der Waals surface area (Å²) in [5.41, 5.74) is 3.01. The standard InChI is InChI=1S/C10H10BrN/c1-7-3-4-9(6-12)10(5-7)8(2)11/h3-5,8H,1-2H3. The molecule has 0 radical (unpaired) electrons. The fourth-order valence-corrected chi connectivity index (χ4v) is 1.49. The molecule has 2 heteroatoms. The van der Waals surface area contributed by atoms with Crippen LogP contribution >= 0.6 is 15.9 Å². The molecule has 12 heavy (non-hydrogen) atoms. The molecule has 1 rings (SSSR count). The Morgan fingerprint density at radius 3 is 2.67 bits per heavy atom. The number of rotatable bonds is 1. The van der Waals surface area contributed by atoms with Crippen LogP contribution in [0.5, 0.6) is 0 Å². The van der Waals surface area contributed by atoms with E-state index in [-0.39, 0.29) is 4.83 Å². The fraction of sp³-hybridized carbons (Fsp3) is 0.300. The van der Waals surface area contributed by atoms with Crippen LogP contribution in [0.2, 0.25) is 0 Å². The van der Waals surface area contributed by atoms with Crippen LogP contribution in [0.25, 0.3) is 0 Å². The monoisotopic (exact) mass is 223 g/mol. The van der Waals surface area contributed by atoms with Gasteiger partial charge in [0.2, 0.25) is 0 Å². The van der Waals surface area contributed by atoms with Crippen LogP contribution < -0.4 is 0 Å². The van der Waals surface area contributed by atoms with E-state index in [0.29, 0.717) is 0 Å². The molecule has 0 fully saturated rings. The van der Waals surface area contributed by atoms with Crippen molar-refractivity contribution in [2.45, 2.75) is 18.7 Å². The lowest BCUT2D eigenvalue weighted by Gasteiger charge is -2.06. The zero-order valence-corrected chi connectivity index (χ0v) is 8.72. The third-order valence-electron chi connectivity index (χ3n) is 1.76. The number of halogens is 1. The van der Waals surface area contributed by atoms with Crippen molar-refractivity contribution in [1.82, 2.24) is 0 Å². The van der Waals surface area contributed by atoms with E-state index in [1.54, 1.807) is 0 Å². The Balaban J connectivity index is 3.24. The Morgan fingerprint density at radius 2 is 2.17 bits per heavy atom. The van der Waals surface area contributed by atoms with Crippen LogP contribution in [0.1, 0.15) is 28.4 Å². The van der Waals surface area contributed by atoms with E-state index < -0.39 is 0 Å². The van der Waals surface area contributed by atoms with E-state index in [2.05, 4.69) is 22.0 Å². The number of hydrogen-bond acceptors (Lipinski definition) is 1. The molecule has 62 valence electrons. The molecule has 0 spiro atoms. The zero-order valence-electron chi connectivity index (χ0n) is 7.13. The van der Waals surface area contributed by atoms with Gasteiger partial charge in [0, 0.05) is 4.83 Å². The highest BCUT2D eigenvalue weighted by Gasteiger charge is 2.06. The van der Waals surface area contributed by atoms with Gasteiger partial charge in [0.15, 0.2) is 0 Å². The fourth-order valence-electron chi connectivity index (χ4n) is 1.11. The molecule has 0 bridgehead atoms. The Hall–Kier alpha value is -0.810. The molecular formula is C10H10BrN. The van der Waals surface area contributed by atoms with Gasteiger partial charge < -0.3 is 0 Å². The molecule has 1 aromatic carbocycles. The lowest BCUT2D eigenvalue weighted by molar-refractivity contribution is 1.10. The summed E-state index contributed by atoms with van der Waals surface area (Å²) < 4.78 is 0. The van der Waals surface area contributed by atoms with Gasteiger partial charge in [-0.05, 0) is 25.5 Å². The van der Waals surface area contributed by atoms with Gasteiger partial charge >= 0.3 is 0 Å². The maximum absolute atomic E-state index is 8.79. The van der Waals surface area contributed by atoms with E-state index in [4.69, 9.17) is 5.26 Å². The number of aryl methyl sites for hydroxylation is 1. The molecule has 0 heterocycles. The Labute approximate surface area is 81.2 Å². The van der Waals surface area contributed by atoms with Crippen molar-refractivity contribution in [1.29, 1.82) is 5.26 Å². The molecule has 0 amide bonds. The van der Waals surface area contributed by atoms with Crippen molar-refractivity contribution < 1.29 is 0 Å². The predicted octanol–water partition coefficient (Wildman–Crippen LogP) is 3.32. The number of nitrogens with zero attached hydrogens (tertiary/aromatic N) is 1. The van der Waals surface area contributed by atoms with Crippen molar-refractivity contribution in [2.24, 2.45) is 0 Å². The molecule has 0 saturated heterocycles. The first-order chi connectivity index (χ1) is 5.65. The number of hydrogen-bond donors (Lipinski definition) is 0. The maximum atomic E-state index is 8.79. The summed E-state index contributed by atoms with van der Waals surface area (Å²) in [6, 6.07) is 8.03. The molecule has 1 atom stereocenters. The zero-order chi connectivity index (χ0) is 9.14. The van der Waals surface area contributed by atoms with Gasteiger partial charge in [-0.3, -0.25) is 0 Å². The highest BCUT2D eigenvalue weighted by Crippen LogP contribution is 2.25. The molecular weight excluding hydrogens is 214 g/mol. The second-order valence-electron chi connectivity index (χ2n) is 2.82. The SMILES string of the molecule is Cc1ccc(C#N)c(C(C)Br)c1. The highest BCUT2D eigenvalue weighted by molar-refractivity contribution is 9.09. The minimum atomic E-state index is 0.243. The van der Waals surface area contributed by atoms with Crippen molar-refractivity contribution >= 4 is 15.9 Å². The lowest BCUT2D eigenvalue weighted by Crippen LogP contribution is -1.90. The van der Waals surface area contributed by atoms with Gasteiger partial charge in [0.1, 0.15) is 0 Å². The minimum absolute atomic E-state index is 0.243. The summed E-state index contributed by atoms with van der Waals surface area (Å²) >= 11 is 3.46. The van der Waals surface area contributed by atoms with Crippen LogP contribution in [-0.4, -0.2) is 0 Å². The molecule has 1 nitrogen and oxygen atoms in total. The van der Waals surface area contributed by atoms with E-state index >= 15 is 0 Å². The summed E-state index contributed by atoms with van der Waals surface area (Å²) in [4.78, 5) is 0.243. The molecule has 0 N–H and O–H groups in total. The van der Waals surface area contributed by atoms with Gasteiger partial charge in [-0.2, -0.15) is 5.26 Å². The van der Waals surface area contributed by atoms with Crippen molar-refractivity contribution in [3.05, 3.63) is 34.9 Å². The highest BCUT2D eigenvalue weighted by atomic mass is 79.9. The van der Waals surface area contributed by atoms with Gasteiger partial charge in [0.05, 0.1) is 11.6 Å². The van der Waals surface area contributed by atoms with Crippen LogP contribution in [0.3, 0.4) is 0 Å². The minimum Gasteiger partial charge on any atom is -0.192 e. The van der Waals surface area contributed by atoms with E-state index in [0.717, 1.165) is 11.1 Å². The van der Waals surface area contributed by atoms with Gasteiger partial charge in [-0.15, -0.1) is 0 Å². The lowest BCUT2D eigenvalue weighted by atomic mass is 10.0. The maximum Gasteiger partial charge on any atom is 0.0994 e. The summed E-state index contributed by atoms with van der Waals surface area (Å²) in [6.45, 7) is 4.05. The van der Waals surface area contributed by atoms with E-state index in [1.807, 2.05) is 32.0 Å². The summed E-state index contributed by atoms with van der Waals surface area (Å²) in [5.74, 6) is 0. The average Bonchev–Trinajstić information content (AvgIpc) is 2.04. The van der Waals surface area contributed by atoms with E-state index in [1.165, 1.54) is 5.56 Å². The molecule has 0 aliphatic carbocycles. The van der Waals surface area contributed by atoms with Crippen molar-refractivity contribution in [3.63, 3.8) is 0 Å². The number of alkyl halides is 1. The number of benzene rings is 1. The molecule has 1 unspecified atom stereocenters. The first kappa shape index (κ1) is 9.28. The van der Waals surface area contributed by atoms with Crippen molar-refractivity contribution in [3.8, 4) is 6.07 Å². The van der Waals surface area contributed by atoms with Crippen LogP contribution in [-0.2, 0) is 0 Å². The van der Waals surface area contributed by atoms with Gasteiger partial charge in [-0.1, -0.05) is 33.6 Å². The van der Waals surface area contributed by atoms with Crippen molar-refractivity contribution in [2.75, 3.05) is 0 Å². The topological polar surface area (TPSA) is 23.8 Å². The largest absolute Gasteiger partial charge is 0.192 e. The summed E-state index contributed by atoms with van der Waals surface area (Å²) in [5, 5.41) is 8.79. The summed E-state index contributed by atoms with van der Waals surface area (Å²) in [7, 11) is 0. The van der Waals surface area contributed by atoms with Crippen LogP contribution in [0, 0.1) is 18.3 Å². The first-order valence-electron chi connectivity index (χ1n) is 3.80. The molecule has 0 aliphatic heterocycles. The molecule has 0 aliphatic rings. The third-order valence-corrected chi connectivity index (χ3v) is 2.25. The average molecular weight is 224 g/mol. The van der Waals surface area contributed by atoms with Crippen LogP contribution in [0.15, 0.2) is 18.2 Å².